The molecule has 36 heavy (non-hydrogen) atoms. The Labute approximate surface area is 207 Å². The van der Waals surface area contributed by atoms with E-state index in [0.717, 1.165) is 5.56 Å². The van der Waals surface area contributed by atoms with E-state index in [0.29, 0.717) is 47.3 Å². The molecular weight excluding hydrogens is 464 g/mol. The van der Waals surface area contributed by atoms with Gasteiger partial charge in [-0.05, 0) is 42.0 Å². The Balaban J connectivity index is 1.67. The van der Waals surface area contributed by atoms with Gasteiger partial charge >= 0.3 is 0 Å². The maximum atomic E-state index is 13.4. The number of likely N-dealkylation sites (tertiary alicyclic amines) is 1. The van der Waals surface area contributed by atoms with Crippen LogP contribution in [0.2, 0.25) is 0 Å². The average Bonchev–Trinajstić information content (AvgIpc) is 3.17. The number of benzene rings is 2. The average molecular weight is 488 g/mol. The fourth-order valence-corrected chi connectivity index (χ4v) is 4.45. The molecule has 184 valence electrons. The number of nitrogens with zero attached hydrogens (tertiary/aromatic N) is 2. The van der Waals surface area contributed by atoms with Crippen LogP contribution in [0, 0.1) is 0 Å². The van der Waals surface area contributed by atoms with Crippen LogP contribution >= 0.6 is 0 Å². The fraction of sp³-hybridized carbons (Fsp3) is 0.222. The van der Waals surface area contributed by atoms with Crippen molar-refractivity contribution in [1.82, 2.24) is 9.88 Å². The molecule has 9 nitrogen and oxygen atoms in total. The van der Waals surface area contributed by atoms with Crippen molar-refractivity contribution in [2.45, 2.75) is 12.6 Å². The van der Waals surface area contributed by atoms with Gasteiger partial charge in [0.05, 0.1) is 25.8 Å². The fourth-order valence-electron chi connectivity index (χ4n) is 4.45. The van der Waals surface area contributed by atoms with Crippen molar-refractivity contribution >= 4 is 17.4 Å². The normalized spacial score (nSPS) is 18.3. The van der Waals surface area contributed by atoms with Crippen molar-refractivity contribution in [3.8, 4) is 23.0 Å². The van der Waals surface area contributed by atoms with Crippen LogP contribution in [0.15, 0.2) is 66.5 Å². The maximum Gasteiger partial charge on any atom is 0.295 e. The monoisotopic (exact) mass is 488 g/mol. The summed E-state index contributed by atoms with van der Waals surface area (Å²) in [5.41, 5.74) is 1.54. The van der Waals surface area contributed by atoms with Crippen molar-refractivity contribution in [2.24, 2.45) is 0 Å². The lowest BCUT2D eigenvalue weighted by molar-refractivity contribution is -0.140. The van der Waals surface area contributed by atoms with Crippen LogP contribution in [0.25, 0.3) is 5.76 Å². The third-order valence-corrected chi connectivity index (χ3v) is 6.17. The van der Waals surface area contributed by atoms with E-state index in [1.165, 1.54) is 19.1 Å². The number of hydrogen-bond acceptors (Lipinski definition) is 8. The smallest absolute Gasteiger partial charge is 0.295 e. The Kier molecular flexibility index (Phi) is 6.20. The number of methoxy groups -OCH3 is 2. The number of aliphatic hydroxyl groups excluding tert-OH is 1. The summed E-state index contributed by atoms with van der Waals surface area (Å²) in [5, 5.41) is 11.4. The highest BCUT2D eigenvalue weighted by molar-refractivity contribution is 6.46. The topological polar surface area (TPSA) is 107 Å². The number of ether oxygens (including phenoxy) is 4. The molecule has 1 atom stereocenters. The minimum atomic E-state index is -0.917. The van der Waals surface area contributed by atoms with Gasteiger partial charge < -0.3 is 29.0 Å². The standard InChI is InChI=1S/C27H24N2O7/c1-33-18-6-7-19(21(13-18)34-2)24-23(25(30)17-5-8-20-22(12-17)36-11-10-35-20)26(31)27(32)29(24)15-16-4-3-9-28-14-16/h3-9,12-14,24,30H,10-11,15H2,1-2H3/t24-/m1/s1. The minimum Gasteiger partial charge on any atom is -0.507 e. The predicted molar refractivity (Wildman–Crippen MR) is 129 cm³/mol. The van der Waals surface area contributed by atoms with E-state index in [1.54, 1.807) is 54.9 Å². The molecule has 2 aliphatic rings. The molecule has 0 radical (unpaired) electrons. The highest BCUT2D eigenvalue weighted by Crippen LogP contribution is 2.45. The zero-order chi connectivity index (χ0) is 25.2. The molecule has 1 saturated heterocycles. The minimum absolute atomic E-state index is 0.0518. The molecule has 2 aromatic carbocycles. The number of aromatic nitrogens is 1. The van der Waals surface area contributed by atoms with Gasteiger partial charge in [-0.1, -0.05) is 6.07 Å². The molecule has 0 spiro atoms. The Morgan fingerprint density at radius 3 is 2.58 bits per heavy atom. The molecule has 0 unspecified atom stereocenters. The molecule has 3 aromatic rings. The van der Waals surface area contributed by atoms with Gasteiger partial charge in [0.25, 0.3) is 11.7 Å². The van der Waals surface area contributed by atoms with Crippen LogP contribution in [0.3, 0.4) is 0 Å². The number of hydrogen-bond donors (Lipinski definition) is 1. The van der Waals surface area contributed by atoms with Gasteiger partial charge in [-0.15, -0.1) is 0 Å². The summed E-state index contributed by atoms with van der Waals surface area (Å²) < 4.78 is 22.1. The van der Waals surface area contributed by atoms with Crippen molar-refractivity contribution in [1.29, 1.82) is 0 Å². The van der Waals surface area contributed by atoms with Crippen molar-refractivity contribution in [2.75, 3.05) is 27.4 Å². The number of ketones is 1. The van der Waals surface area contributed by atoms with E-state index in [1.807, 2.05) is 6.07 Å². The highest BCUT2D eigenvalue weighted by Gasteiger charge is 2.47. The lowest BCUT2D eigenvalue weighted by Crippen LogP contribution is -2.29. The molecule has 1 N–H and O–H groups in total. The van der Waals surface area contributed by atoms with Gasteiger partial charge in [-0.2, -0.15) is 0 Å². The summed E-state index contributed by atoms with van der Waals surface area (Å²) in [6.07, 6.45) is 3.26. The van der Waals surface area contributed by atoms with Gasteiger partial charge in [0, 0.05) is 36.1 Å². The van der Waals surface area contributed by atoms with Crippen LogP contribution in [-0.2, 0) is 16.1 Å². The Morgan fingerprint density at radius 1 is 1.06 bits per heavy atom. The molecule has 2 aliphatic heterocycles. The molecule has 5 rings (SSSR count). The zero-order valence-electron chi connectivity index (χ0n) is 19.8. The van der Waals surface area contributed by atoms with E-state index < -0.39 is 17.7 Å². The van der Waals surface area contributed by atoms with E-state index in [-0.39, 0.29) is 17.9 Å². The first kappa shape index (κ1) is 23.2. The number of pyridine rings is 1. The summed E-state index contributed by atoms with van der Waals surface area (Å²) in [5.74, 6) is 0.102. The molecular formula is C27H24N2O7. The molecule has 1 aromatic heterocycles. The summed E-state index contributed by atoms with van der Waals surface area (Å²) in [4.78, 5) is 32.2. The van der Waals surface area contributed by atoms with Gasteiger partial charge in [-0.25, -0.2) is 0 Å². The van der Waals surface area contributed by atoms with Crippen molar-refractivity contribution in [3.63, 3.8) is 0 Å². The first-order chi connectivity index (χ1) is 17.5. The molecule has 0 saturated carbocycles. The van der Waals surface area contributed by atoms with Gasteiger partial charge in [-0.3, -0.25) is 14.6 Å². The van der Waals surface area contributed by atoms with Crippen LogP contribution < -0.4 is 18.9 Å². The zero-order valence-corrected chi connectivity index (χ0v) is 19.8. The molecule has 1 fully saturated rings. The third-order valence-electron chi connectivity index (χ3n) is 6.17. The Morgan fingerprint density at radius 2 is 1.86 bits per heavy atom. The van der Waals surface area contributed by atoms with Crippen LogP contribution in [0.1, 0.15) is 22.7 Å². The summed E-state index contributed by atoms with van der Waals surface area (Å²) >= 11 is 0. The van der Waals surface area contributed by atoms with E-state index in [2.05, 4.69) is 4.98 Å². The van der Waals surface area contributed by atoms with E-state index in [4.69, 9.17) is 18.9 Å². The van der Waals surface area contributed by atoms with Crippen molar-refractivity contribution < 1.29 is 33.6 Å². The summed E-state index contributed by atoms with van der Waals surface area (Å²) in [7, 11) is 3.02. The van der Waals surface area contributed by atoms with Crippen LogP contribution in [0.5, 0.6) is 23.0 Å². The third kappa shape index (κ3) is 4.08. The second kappa shape index (κ2) is 9.61. The molecule has 9 heteroatoms. The molecule has 3 heterocycles. The molecule has 0 bridgehead atoms. The van der Waals surface area contributed by atoms with Crippen LogP contribution in [0.4, 0.5) is 0 Å². The number of fused-ring (bicyclic) bond motifs is 1. The summed E-state index contributed by atoms with van der Waals surface area (Å²) in [6, 6.07) is 12.6. The molecule has 0 aliphatic carbocycles. The number of amides is 1. The highest BCUT2D eigenvalue weighted by atomic mass is 16.6. The lowest BCUT2D eigenvalue weighted by atomic mass is 9.94. The number of rotatable bonds is 6. The number of Topliss-reactive ketones (excluding diaryl/α,β-unsaturated/α-hetero) is 1. The predicted octanol–water partition coefficient (Wildman–Crippen LogP) is 3.49. The maximum absolute atomic E-state index is 13.4. The Bertz CT molecular complexity index is 1350. The Hall–Kier alpha value is -4.53. The van der Waals surface area contributed by atoms with Crippen LogP contribution in [-0.4, -0.2) is 54.1 Å². The number of carbonyl (C=O) groups excluding carboxylic acids is 2. The second-order valence-electron chi connectivity index (χ2n) is 8.25. The van der Waals surface area contributed by atoms with E-state index in [9.17, 15) is 14.7 Å². The van der Waals surface area contributed by atoms with Gasteiger partial charge in [0.15, 0.2) is 11.5 Å². The summed E-state index contributed by atoms with van der Waals surface area (Å²) in [6.45, 7) is 0.904. The number of carbonyl (C=O) groups is 2. The molecule has 1 amide bonds. The second-order valence-corrected chi connectivity index (χ2v) is 8.25. The first-order valence-corrected chi connectivity index (χ1v) is 11.3. The number of aliphatic hydroxyl groups is 1. The first-order valence-electron chi connectivity index (χ1n) is 11.3. The lowest BCUT2D eigenvalue weighted by Gasteiger charge is -2.27. The van der Waals surface area contributed by atoms with Gasteiger partial charge in [0.2, 0.25) is 0 Å². The van der Waals surface area contributed by atoms with Crippen molar-refractivity contribution in [3.05, 3.63) is 83.2 Å². The quantitative estimate of drug-likeness (QED) is 0.319. The SMILES string of the molecule is COc1ccc([C@@H]2C(=C(O)c3ccc4c(c3)OCCO4)C(=O)C(=O)N2Cc2cccnc2)c(OC)c1. The van der Waals surface area contributed by atoms with Gasteiger partial charge in [0.1, 0.15) is 30.5 Å². The largest absolute Gasteiger partial charge is 0.507 e. The van der Waals surface area contributed by atoms with E-state index >= 15 is 0 Å².